The summed E-state index contributed by atoms with van der Waals surface area (Å²) >= 11 is 0. The number of pyridine rings is 2. The molecule has 0 aliphatic carbocycles. The zero-order valence-corrected chi connectivity index (χ0v) is 19.9. The molecule has 3 aliphatic rings. The van der Waals surface area contributed by atoms with E-state index in [4.69, 9.17) is 19.9 Å². The minimum absolute atomic E-state index is 0.0524. The van der Waals surface area contributed by atoms with E-state index in [1.807, 2.05) is 35.2 Å². The van der Waals surface area contributed by atoms with Crippen molar-refractivity contribution in [2.24, 2.45) is 5.92 Å². The maximum absolute atomic E-state index is 13.6. The average molecular weight is 476 g/mol. The summed E-state index contributed by atoms with van der Waals surface area (Å²) in [7, 11) is 3.19. The number of carbonyl (C=O) groups is 1. The fourth-order valence-electron chi connectivity index (χ4n) is 4.91. The number of hydrogen-bond donors (Lipinski definition) is 1. The predicted octanol–water partition coefficient (Wildman–Crippen LogP) is 3.61. The number of piperidine rings is 1. The van der Waals surface area contributed by atoms with E-state index in [2.05, 4.69) is 14.9 Å². The molecule has 9 heteroatoms. The summed E-state index contributed by atoms with van der Waals surface area (Å²) in [5.74, 6) is 2.94. The molecule has 3 aromatic rings. The Morgan fingerprint density at radius 2 is 1.74 bits per heavy atom. The van der Waals surface area contributed by atoms with Gasteiger partial charge in [-0.15, -0.1) is 0 Å². The number of nitrogens with zero attached hydrogens (tertiary/aromatic N) is 4. The first-order valence-electron chi connectivity index (χ1n) is 11.7. The van der Waals surface area contributed by atoms with Crippen molar-refractivity contribution in [2.45, 2.75) is 18.9 Å². The van der Waals surface area contributed by atoms with Gasteiger partial charge in [-0.05, 0) is 30.9 Å². The van der Waals surface area contributed by atoms with Gasteiger partial charge in [-0.25, -0.2) is 9.97 Å². The van der Waals surface area contributed by atoms with Crippen molar-refractivity contribution >= 4 is 17.4 Å². The lowest BCUT2D eigenvalue weighted by Gasteiger charge is -2.36. The Balaban J connectivity index is 1.37. The summed E-state index contributed by atoms with van der Waals surface area (Å²) in [4.78, 5) is 26.5. The standard InChI is InChI=1S/C26H29N5O4/c1-33-22-11-25(27)29-12-21(22)30-14-17-8-9-18(16-30)31(15-17)26(32)20-10-23(34-2)24(13-28-20)35-19-6-4-3-5-7-19/h3-7,10-13,17-18H,8-9,14-16H2,1-2H3,(H2,27,29). The second-order valence-electron chi connectivity index (χ2n) is 8.88. The number of ether oxygens (including phenoxy) is 3. The molecule has 3 fully saturated rings. The van der Waals surface area contributed by atoms with Crippen LogP contribution in [0.1, 0.15) is 23.3 Å². The van der Waals surface area contributed by atoms with Gasteiger partial charge in [0, 0.05) is 37.8 Å². The van der Waals surface area contributed by atoms with Gasteiger partial charge in [-0.2, -0.15) is 0 Å². The van der Waals surface area contributed by atoms with Crippen LogP contribution >= 0.6 is 0 Å². The molecule has 2 bridgehead atoms. The Morgan fingerprint density at radius 3 is 2.51 bits per heavy atom. The highest BCUT2D eigenvalue weighted by atomic mass is 16.5. The van der Waals surface area contributed by atoms with Crippen molar-refractivity contribution in [3.63, 3.8) is 0 Å². The van der Waals surface area contributed by atoms with Gasteiger partial charge in [0.2, 0.25) is 0 Å². The number of anilines is 2. The van der Waals surface area contributed by atoms with Crippen molar-refractivity contribution in [3.8, 4) is 23.0 Å². The first-order chi connectivity index (χ1) is 17.1. The lowest BCUT2D eigenvalue weighted by atomic mass is 9.94. The maximum Gasteiger partial charge on any atom is 0.272 e. The Morgan fingerprint density at radius 1 is 0.943 bits per heavy atom. The number of hydrogen-bond acceptors (Lipinski definition) is 8. The van der Waals surface area contributed by atoms with Crippen LogP contribution < -0.4 is 24.8 Å². The molecule has 1 amide bonds. The van der Waals surface area contributed by atoms with Crippen LogP contribution in [-0.4, -0.2) is 60.7 Å². The van der Waals surface area contributed by atoms with E-state index in [9.17, 15) is 4.79 Å². The third kappa shape index (κ3) is 4.66. The average Bonchev–Trinajstić information content (AvgIpc) is 3.21. The van der Waals surface area contributed by atoms with E-state index < -0.39 is 0 Å². The third-order valence-corrected chi connectivity index (χ3v) is 6.64. The van der Waals surface area contributed by atoms with Gasteiger partial charge in [0.1, 0.15) is 23.0 Å². The Bertz CT molecular complexity index is 1210. The molecule has 5 heterocycles. The number of nitrogen functional groups attached to an aromatic ring is 1. The van der Waals surface area contributed by atoms with Gasteiger partial charge in [0.15, 0.2) is 11.5 Å². The normalized spacial score (nSPS) is 19.3. The number of fused-ring (bicyclic) bond motifs is 4. The second-order valence-corrected chi connectivity index (χ2v) is 8.88. The largest absolute Gasteiger partial charge is 0.494 e. The van der Waals surface area contributed by atoms with Gasteiger partial charge in [0.25, 0.3) is 5.91 Å². The van der Waals surface area contributed by atoms with Gasteiger partial charge in [-0.3, -0.25) is 4.79 Å². The van der Waals surface area contributed by atoms with Crippen molar-refractivity contribution in [3.05, 3.63) is 60.6 Å². The molecule has 9 nitrogen and oxygen atoms in total. The van der Waals surface area contributed by atoms with Crippen molar-refractivity contribution in [1.82, 2.24) is 14.9 Å². The van der Waals surface area contributed by atoms with Gasteiger partial charge in [-0.1, -0.05) is 18.2 Å². The Kier molecular flexibility index (Phi) is 6.31. The van der Waals surface area contributed by atoms with Crippen molar-refractivity contribution in [1.29, 1.82) is 0 Å². The van der Waals surface area contributed by atoms with E-state index in [-0.39, 0.29) is 11.9 Å². The number of amides is 1. The molecule has 182 valence electrons. The number of carbonyl (C=O) groups excluding carboxylic acids is 1. The molecule has 3 saturated heterocycles. The zero-order chi connectivity index (χ0) is 24.4. The maximum atomic E-state index is 13.6. The van der Waals surface area contributed by atoms with Crippen LogP contribution in [0, 0.1) is 5.92 Å². The molecule has 0 spiro atoms. The third-order valence-electron chi connectivity index (χ3n) is 6.64. The number of rotatable bonds is 6. The summed E-state index contributed by atoms with van der Waals surface area (Å²) in [6.45, 7) is 2.19. The van der Waals surface area contributed by atoms with E-state index in [1.54, 1.807) is 38.7 Å². The first kappa shape index (κ1) is 22.8. The van der Waals surface area contributed by atoms with Crippen LogP contribution in [0.5, 0.6) is 23.0 Å². The summed E-state index contributed by atoms with van der Waals surface area (Å²) in [6, 6.07) is 12.8. The summed E-state index contributed by atoms with van der Waals surface area (Å²) in [5.41, 5.74) is 7.08. The highest BCUT2D eigenvalue weighted by Crippen LogP contribution is 2.37. The van der Waals surface area contributed by atoms with Gasteiger partial charge < -0.3 is 29.7 Å². The van der Waals surface area contributed by atoms with E-state index in [0.717, 1.165) is 25.1 Å². The van der Waals surface area contributed by atoms with Crippen molar-refractivity contribution in [2.75, 3.05) is 44.5 Å². The van der Waals surface area contributed by atoms with Crippen LogP contribution in [0.2, 0.25) is 0 Å². The molecular weight excluding hydrogens is 446 g/mol. The number of para-hydroxylation sites is 1. The highest BCUT2D eigenvalue weighted by molar-refractivity contribution is 5.93. The number of nitrogens with two attached hydrogens (primary N) is 1. The summed E-state index contributed by atoms with van der Waals surface area (Å²) < 4.78 is 17.0. The van der Waals surface area contributed by atoms with E-state index in [1.165, 1.54) is 0 Å². The molecule has 1 aromatic carbocycles. The number of aromatic nitrogens is 2. The highest BCUT2D eigenvalue weighted by Gasteiger charge is 2.38. The fourth-order valence-corrected chi connectivity index (χ4v) is 4.91. The minimum atomic E-state index is -0.103. The summed E-state index contributed by atoms with van der Waals surface area (Å²) in [5, 5.41) is 0. The van der Waals surface area contributed by atoms with E-state index >= 15 is 0 Å². The molecule has 35 heavy (non-hydrogen) atoms. The monoisotopic (exact) mass is 475 g/mol. The number of methoxy groups -OCH3 is 2. The topological polar surface area (TPSA) is 103 Å². The van der Waals surface area contributed by atoms with E-state index in [0.29, 0.717) is 53.5 Å². The zero-order valence-electron chi connectivity index (χ0n) is 19.9. The molecule has 0 saturated carbocycles. The molecule has 3 aliphatic heterocycles. The Labute approximate surface area is 204 Å². The molecular formula is C26H29N5O4. The fraction of sp³-hybridized carbons (Fsp3) is 0.346. The summed E-state index contributed by atoms with van der Waals surface area (Å²) in [6.07, 6.45) is 5.30. The lowest BCUT2D eigenvalue weighted by molar-refractivity contribution is 0.0585. The SMILES string of the molecule is COc1cc(C(=O)N2CC3CCC2CN(c2cnc(N)cc2OC)C3)ncc1Oc1ccccc1. The molecule has 6 rings (SSSR count). The van der Waals surface area contributed by atoms with Crippen LogP contribution in [0.4, 0.5) is 11.5 Å². The minimum Gasteiger partial charge on any atom is -0.494 e. The smallest absolute Gasteiger partial charge is 0.272 e. The Hall–Kier alpha value is -4.01. The van der Waals surface area contributed by atoms with Crippen LogP contribution in [0.3, 0.4) is 0 Å². The lowest BCUT2D eigenvalue weighted by Crippen LogP contribution is -2.47. The molecule has 0 radical (unpaired) electrons. The number of benzene rings is 1. The second kappa shape index (κ2) is 9.69. The molecule has 2 atom stereocenters. The molecule has 2 N–H and O–H groups in total. The van der Waals surface area contributed by atoms with Gasteiger partial charge in [0.05, 0.1) is 32.3 Å². The molecule has 2 unspecified atom stereocenters. The van der Waals surface area contributed by atoms with Crippen LogP contribution in [-0.2, 0) is 0 Å². The molecule has 2 aromatic heterocycles. The van der Waals surface area contributed by atoms with Crippen LogP contribution in [0.25, 0.3) is 0 Å². The van der Waals surface area contributed by atoms with Gasteiger partial charge >= 0.3 is 0 Å². The predicted molar refractivity (Wildman–Crippen MR) is 132 cm³/mol. The first-order valence-corrected chi connectivity index (χ1v) is 11.7. The van der Waals surface area contributed by atoms with Crippen LogP contribution in [0.15, 0.2) is 54.9 Å². The van der Waals surface area contributed by atoms with Crippen molar-refractivity contribution < 1.29 is 19.0 Å². The quantitative estimate of drug-likeness (QED) is 0.577.